The van der Waals surface area contributed by atoms with Crippen LogP contribution in [0.4, 0.5) is 0 Å². The molecule has 1 saturated heterocycles. The van der Waals surface area contributed by atoms with Gasteiger partial charge in [0.05, 0.1) is 12.2 Å². The van der Waals surface area contributed by atoms with Gasteiger partial charge in [-0.25, -0.2) is 4.79 Å². The lowest BCUT2D eigenvalue weighted by Gasteiger charge is -2.34. The number of nitrogens with zero attached hydrogens (tertiary/aromatic N) is 2. The monoisotopic (exact) mass is 377 g/mol. The third kappa shape index (κ3) is 4.16. The van der Waals surface area contributed by atoms with Gasteiger partial charge in [0.25, 0.3) is 5.91 Å². The van der Waals surface area contributed by atoms with E-state index < -0.39 is 5.97 Å². The molecule has 1 aromatic rings. The smallest absolute Gasteiger partial charge is 0.340 e. The Morgan fingerprint density at radius 3 is 2.26 bits per heavy atom. The number of ether oxygens (including phenoxy) is 2. The first-order valence-corrected chi connectivity index (χ1v) is 9.37. The van der Waals surface area contributed by atoms with Crippen LogP contribution in [0, 0.1) is 19.8 Å². The van der Waals surface area contributed by atoms with E-state index in [1.165, 1.54) is 7.11 Å². The van der Waals surface area contributed by atoms with E-state index in [4.69, 9.17) is 9.47 Å². The molecular formula is C19H27N3O5. The molecule has 1 saturated carbocycles. The highest BCUT2D eigenvalue weighted by molar-refractivity contribution is 6.00. The van der Waals surface area contributed by atoms with Gasteiger partial charge in [0, 0.05) is 44.9 Å². The van der Waals surface area contributed by atoms with Crippen LogP contribution in [0.3, 0.4) is 0 Å². The minimum Gasteiger partial charge on any atom is -0.460 e. The summed E-state index contributed by atoms with van der Waals surface area (Å²) < 4.78 is 10.1. The Morgan fingerprint density at radius 1 is 1.04 bits per heavy atom. The highest BCUT2D eigenvalue weighted by Crippen LogP contribution is 2.31. The molecule has 8 heteroatoms. The van der Waals surface area contributed by atoms with Crippen molar-refractivity contribution < 1.29 is 23.9 Å². The predicted octanol–water partition coefficient (Wildman–Crippen LogP) is 1.13. The fraction of sp³-hybridized carbons (Fsp3) is 0.632. The van der Waals surface area contributed by atoms with Gasteiger partial charge < -0.3 is 24.3 Å². The number of hydrogen-bond donors (Lipinski definition) is 1. The number of carbonyl (C=O) groups is 3. The minimum absolute atomic E-state index is 0.148. The summed E-state index contributed by atoms with van der Waals surface area (Å²) in [5, 5.41) is 0. The molecule has 1 aromatic heterocycles. The van der Waals surface area contributed by atoms with Crippen molar-refractivity contribution >= 4 is 17.8 Å². The third-order valence-electron chi connectivity index (χ3n) is 5.18. The van der Waals surface area contributed by atoms with Crippen molar-refractivity contribution in [2.24, 2.45) is 5.92 Å². The van der Waals surface area contributed by atoms with E-state index in [0.29, 0.717) is 55.3 Å². The van der Waals surface area contributed by atoms with E-state index in [1.807, 2.05) is 4.90 Å². The van der Waals surface area contributed by atoms with Crippen molar-refractivity contribution in [1.82, 2.24) is 14.8 Å². The summed E-state index contributed by atoms with van der Waals surface area (Å²) in [6.07, 6.45) is 1.98. The predicted molar refractivity (Wildman–Crippen MR) is 97.6 cm³/mol. The molecule has 0 aromatic carbocycles. The number of aryl methyl sites for hydroxylation is 1. The Morgan fingerprint density at radius 2 is 1.67 bits per heavy atom. The zero-order valence-electron chi connectivity index (χ0n) is 16.2. The molecule has 2 amide bonds. The van der Waals surface area contributed by atoms with E-state index in [1.54, 1.807) is 18.7 Å². The molecule has 2 fully saturated rings. The van der Waals surface area contributed by atoms with E-state index in [-0.39, 0.29) is 24.3 Å². The molecular weight excluding hydrogens is 350 g/mol. The Labute approximate surface area is 158 Å². The Bertz CT molecular complexity index is 730. The number of amides is 2. The lowest BCUT2D eigenvalue weighted by Crippen LogP contribution is -2.51. The van der Waals surface area contributed by atoms with Gasteiger partial charge in [-0.15, -0.1) is 0 Å². The average Bonchev–Trinajstić information content (AvgIpc) is 3.46. The second-order valence-electron chi connectivity index (χ2n) is 7.15. The topological polar surface area (TPSA) is 91.9 Å². The Kier molecular flexibility index (Phi) is 5.84. The summed E-state index contributed by atoms with van der Waals surface area (Å²) >= 11 is 0. The van der Waals surface area contributed by atoms with Crippen LogP contribution in [0.15, 0.2) is 0 Å². The molecule has 8 nitrogen and oxygen atoms in total. The van der Waals surface area contributed by atoms with E-state index in [9.17, 15) is 14.4 Å². The van der Waals surface area contributed by atoms with Crippen LogP contribution in [0.5, 0.6) is 0 Å². The average molecular weight is 377 g/mol. The van der Waals surface area contributed by atoms with Gasteiger partial charge in [0.1, 0.15) is 12.3 Å². The zero-order chi connectivity index (χ0) is 19.6. The minimum atomic E-state index is -0.461. The number of aromatic amines is 1. The lowest BCUT2D eigenvalue weighted by molar-refractivity contribution is -0.134. The van der Waals surface area contributed by atoms with Crippen molar-refractivity contribution in [2.45, 2.75) is 26.7 Å². The normalized spacial score (nSPS) is 17.1. The Hall–Kier alpha value is -2.35. The number of hydrogen-bond acceptors (Lipinski definition) is 5. The Balaban J connectivity index is 1.64. The highest BCUT2D eigenvalue weighted by Gasteiger charge is 2.35. The molecule has 0 spiro atoms. The molecule has 0 bridgehead atoms. The molecule has 3 rings (SSSR count). The van der Waals surface area contributed by atoms with Crippen molar-refractivity contribution in [3.8, 4) is 0 Å². The second kappa shape index (κ2) is 8.12. The zero-order valence-corrected chi connectivity index (χ0v) is 16.2. The standard InChI is InChI=1S/C19H27N3O5/c1-12-15(19(25)27-11-10-26-3)13(2)20-16(12)18(24)22-8-6-21(7-9-22)17(23)14-4-5-14/h14,20H,4-11H2,1-3H3. The van der Waals surface area contributed by atoms with Crippen LogP contribution in [0.1, 0.15) is 44.9 Å². The maximum absolute atomic E-state index is 12.9. The van der Waals surface area contributed by atoms with Crippen LogP contribution in [0.25, 0.3) is 0 Å². The molecule has 27 heavy (non-hydrogen) atoms. The van der Waals surface area contributed by atoms with Gasteiger partial charge in [-0.05, 0) is 32.3 Å². The number of aromatic nitrogens is 1. The van der Waals surface area contributed by atoms with Crippen LogP contribution < -0.4 is 0 Å². The van der Waals surface area contributed by atoms with Crippen LogP contribution in [0.2, 0.25) is 0 Å². The molecule has 0 radical (unpaired) electrons. The summed E-state index contributed by atoms with van der Waals surface area (Å²) in [4.78, 5) is 44.0. The number of esters is 1. The van der Waals surface area contributed by atoms with Gasteiger partial charge in [-0.2, -0.15) is 0 Å². The summed E-state index contributed by atoms with van der Waals surface area (Å²) in [6.45, 7) is 6.12. The molecule has 1 N–H and O–H groups in total. The molecule has 0 atom stereocenters. The molecule has 1 aliphatic carbocycles. The lowest BCUT2D eigenvalue weighted by atomic mass is 10.1. The number of H-pyrrole nitrogens is 1. The summed E-state index contributed by atoms with van der Waals surface area (Å²) in [6, 6.07) is 0. The van der Waals surface area contributed by atoms with Crippen LogP contribution in [-0.4, -0.2) is 79.1 Å². The van der Waals surface area contributed by atoms with E-state index >= 15 is 0 Å². The molecule has 2 aliphatic rings. The number of carbonyl (C=O) groups excluding carboxylic acids is 3. The molecule has 2 heterocycles. The number of rotatable bonds is 6. The first-order valence-electron chi connectivity index (χ1n) is 9.37. The first kappa shape index (κ1) is 19.4. The molecule has 1 aliphatic heterocycles. The van der Waals surface area contributed by atoms with Crippen LogP contribution in [-0.2, 0) is 14.3 Å². The molecule has 148 valence electrons. The van der Waals surface area contributed by atoms with Gasteiger partial charge in [-0.3, -0.25) is 9.59 Å². The summed E-state index contributed by atoms with van der Waals surface area (Å²) in [5.74, 6) is -0.190. The van der Waals surface area contributed by atoms with Gasteiger partial charge in [-0.1, -0.05) is 0 Å². The summed E-state index contributed by atoms with van der Waals surface area (Å²) in [5.41, 5.74) is 2.02. The summed E-state index contributed by atoms with van der Waals surface area (Å²) in [7, 11) is 1.54. The van der Waals surface area contributed by atoms with Crippen molar-refractivity contribution in [3.63, 3.8) is 0 Å². The second-order valence-corrected chi connectivity index (χ2v) is 7.15. The maximum Gasteiger partial charge on any atom is 0.340 e. The van der Waals surface area contributed by atoms with E-state index in [2.05, 4.69) is 4.98 Å². The SMILES string of the molecule is COCCOC(=O)c1c(C)[nH]c(C(=O)N2CCN(C(=O)C3CC3)CC2)c1C. The fourth-order valence-corrected chi connectivity index (χ4v) is 3.44. The first-order chi connectivity index (χ1) is 12.9. The van der Waals surface area contributed by atoms with Crippen LogP contribution >= 0.6 is 0 Å². The van der Waals surface area contributed by atoms with Crippen molar-refractivity contribution in [1.29, 1.82) is 0 Å². The third-order valence-corrected chi connectivity index (χ3v) is 5.18. The number of methoxy groups -OCH3 is 1. The maximum atomic E-state index is 12.9. The van der Waals surface area contributed by atoms with Gasteiger partial charge >= 0.3 is 5.97 Å². The quantitative estimate of drug-likeness (QED) is 0.593. The van der Waals surface area contributed by atoms with E-state index in [0.717, 1.165) is 12.8 Å². The fourth-order valence-electron chi connectivity index (χ4n) is 3.44. The van der Waals surface area contributed by atoms with Crippen molar-refractivity contribution in [3.05, 3.63) is 22.5 Å². The molecule has 0 unspecified atom stereocenters. The number of piperazine rings is 1. The number of nitrogens with one attached hydrogen (secondary N) is 1. The van der Waals surface area contributed by atoms with Gasteiger partial charge in [0.2, 0.25) is 5.91 Å². The van der Waals surface area contributed by atoms with Gasteiger partial charge in [0.15, 0.2) is 0 Å². The van der Waals surface area contributed by atoms with Crippen molar-refractivity contribution in [2.75, 3.05) is 46.5 Å². The highest BCUT2D eigenvalue weighted by atomic mass is 16.6. The largest absolute Gasteiger partial charge is 0.460 e.